The monoisotopic (exact) mass is 291 g/mol. The van der Waals surface area contributed by atoms with E-state index >= 15 is 0 Å². The topological polar surface area (TPSA) is 44.5 Å². The summed E-state index contributed by atoms with van der Waals surface area (Å²) in [7, 11) is 0. The first kappa shape index (κ1) is 16.2. The van der Waals surface area contributed by atoms with Crippen LogP contribution in [0.25, 0.3) is 0 Å². The molecular weight excluding hydrogens is 262 g/mol. The average Bonchev–Trinajstić information content (AvgIpc) is 2.49. The number of nitrogens with two attached hydrogens (primary N) is 1. The molecule has 3 atom stereocenters. The molecule has 0 amide bonds. The standard InChI is InChI=1S/C18H29NO2/c1-4-9-20-16-8-6-15(12-19)18(11-16)21-17-7-5-13(2)14(3)10-17/h6,8,11,13-14,17H,4-5,7,9-10,12,19H2,1-3H3. The second-order valence-electron chi connectivity index (χ2n) is 6.33. The zero-order valence-electron chi connectivity index (χ0n) is 13.6. The number of rotatable bonds is 6. The summed E-state index contributed by atoms with van der Waals surface area (Å²) >= 11 is 0. The third-order valence-electron chi connectivity index (χ3n) is 4.58. The van der Waals surface area contributed by atoms with E-state index in [4.69, 9.17) is 15.2 Å². The van der Waals surface area contributed by atoms with Crippen molar-refractivity contribution in [2.45, 2.75) is 59.1 Å². The quantitative estimate of drug-likeness (QED) is 0.856. The molecule has 0 heterocycles. The lowest BCUT2D eigenvalue weighted by Gasteiger charge is -2.32. The molecule has 21 heavy (non-hydrogen) atoms. The van der Waals surface area contributed by atoms with Gasteiger partial charge in [-0.05, 0) is 43.6 Å². The van der Waals surface area contributed by atoms with Crippen molar-refractivity contribution >= 4 is 0 Å². The van der Waals surface area contributed by atoms with E-state index in [0.717, 1.165) is 54.8 Å². The summed E-state index contributed by atoms with van der Waals surface area (Å²) in [6.45, 7) is 8.01. The average molecular weight is 291 g/mol. The number of ether oxygens (including phenoxy) is 2. The molecule has 118 valence electrons. The first-order valence-electron chi connectivity index (χ1n) is 8.26. The van der Waals surface area contributed by atoms with E-state index in [0.29, 0.717) is 12.6 Å². The highest BCUT2D eigenvalue weighted by molar-refractivity contribution is 5.40. The molecule has 2 rings (SSSR count). The van der Waals surface area contributed by atoms with Crippen LogP contribution in [0.1, 0.15) is 52.0 Å². The Labute approximate surface area is 128 Å². The van der Waals surface area contributed by atoms with Crippen molar-refractivity contribution in [1.82, 2.24) is 0 Å². The Balaban J connectivity index is 2.06. The van der Waals surface area contributed by atoms with E-state index < -0.39 is 0 Å². The Bertz CT molecular complexity index is 447. The molecular formula is C18H29NO2. The first-order valence-corrected chi connectivity index (χ1v) is 8.26. The Morgan fingerprint density at radius 2 is 2.00 bits per heavy atom. The minimum atomic E-state index is 0.308. The zero-order valence-corrected chi connectivity index (χ0v) is 13.6. The van der Waals surface area contributed by atoms with E-state index in [1.54, 1.807) is 0 Å². The fourth-order valence-corrected chi connectivity index (χ4v) is 2.91. The van der Waals surface area contributed by atoms with Crippen LogP contribution >= 0.6 is 0 Å². The van der Waals surface area contributed by atoms with Crippen molar-refractivity contribution in [3.63, 3.8) is 0 Å². The molecule has 0 spiro atoms. The Hall–Kier alpha value is -1.22. The number of hydrogen-bond acceptors (Lipinski definition) is 3. The highest BCUT2D eigenvalue weighted by atomic mass is 16.5. The fourth-order valence-electron chi connectivity index (χ4n) is 2.91. The van der Waals surface area contributed by atoms with Gasteiger partial charge in [0, 0.05) is 18.2 Å². The van der Waals surface area contributed by atoms with Crippen LogP contribution < -0.4 is 15.2 Å². The van der Waals surface area contributed by atoms with Gasteiger partial charge in [-0.1, -0.05) is 26.8 Å². The summed E-state index contributed by atoms with van der Waals surface area (Å²) in [5, 5.41) is 0. The second-order valence-corrected chi connectivity index (χ2v) is 6.33. The molecule has 1 aromatic carbocycles. The molecule has 1 aromatic rings. The summed E-state index contributed by atoms with van der Waals surface area (Å²) in [6, 6.07) is 6.01. The van der Waals surface area contributed by atoms with Gasteiger partial charge in [-0.3, -0.25) is 0 Å². The molecule has 0 bridgehead atoms. The van der Waals surface area contributed by atoms with Crippen LogP contribution in [-0.2, 0) is 6.54 Å². The van der Waals surface area contributed by atoms with Crippen molar-refractivity contribution in [2.24, 2.45) is 17.6 Å². The molecule has 2 N–H and O–H groups in total. The lowest BCUT2D eigenvalue weighted by molar-refractivity contribution is 0.0994. The lowest BCUT2D eigenvalue weighted by Crippen LogP contribution is -2.29. The summed E-state index contributed by atoms with van der Waals surface area (Å²) in [5.74, 6) is 3.31. The largest absolute Gasteiger partial charge is 0.493 e. The maximum Gasteiger partial charge on any atom is 0.127 e. The fraction of sp³-hybridized carbons (Fsp3) is 0.667. The van der Waals surface area contributed by atoms with Crippen LogP contribution in [0.4, 0.5) is 0 Å². The Morgan fingerprint density at radius 3 is 2.67 bits per heavy atom. The third kappa shape index (κ3) is 4.37. The molecule has 0 radical (unpaired) electrons. The third-order valence-corrected chi connectivity index (χ3v) is 4.58. The van der Waals surface area contributed by atoms with E-state index in [1.165, 1.54) is 6.42 Å². The van der Waals surface area contributed by atoms with Gasteiger partial charge < -0.3 is 15.2 Å². The molecule has 1 aliphatic carbocycles. The summed E-state index contributed by atoms with van der Waals surface area (Å²) in [5.41, 5.74) is 6.89. The van der Waals surface area contributed by atoms with E-state index in [2.05, 4.69) is 20.8 Å². The van der Waals surface area contributed by atoms with Gasteiger partial charge in [0.1, 0.15) is 11.5 Å². The van der Waals surface area contributed by atoms with Crippen molar-refractivity contribution in [3.8, 4) is 11.5 Å². The molecule has 1 saturated carbocycles. The molecule has 3 unspecified atom stereocenters. The van der Waals surface area contributed by atoms with Crippen LogP contribution in [0, 0.1) is 11.8 Å². The van der Waals surface area contributed by atoms with E-state index in [1.807, 2.05) is 18.2 Å². The van der Waals surface area contributed by atoms with Gasteiger partial charge in [-0.15, -0.1) is 0 Å². The van der Waals surface area contributed by atoms with Crippen molar-refractivity contribution in [2.75, 3.05) is 6.61 Å². The Morgan fingerprint density at radius 1 is 1.19 bits per heavy atom. The van der Waals surface area contributed by atoms with Gasteiger partial charge in [0.15, 0.2) is 0 Å². The Kier molecular flexibility index (Phi) is 5.92. The zero-order chi connectivity index (χ0) is 15.2. The molecule has 1 aliphatic rings. The van der Waals surface area contributed by atoms with Crippen LogP contribution in [0.3, 0.4) is 0 Å². The molecule has 3 heteroatoms. The maximum absolute atomic E-state index is 6.26. The van der Waals surface area contributed by atoms with Gasteiger partial charge >= 0.3 is 0 Å². The smallest absolute Gasteiger partial charge is 0.127 e. The predicted molar refractivity (Wildman–Crippen MR) is 86.7 cm³/mol. The summed E-state index contributed by atoms with van der Waals surface area (Å²) < 4.78 is 12.0. The molecule has 1 fully saturated rings. The summed E-state index contributed by atoms with van der Waals surface area (Å²) in [6.07, 6.45) is 4.83. The minimum Gasteiger partial charge on any atom is -0.493 e. The molecule has 0 aromatic heterocycles. The van der Waals surface area contributed by atoms with Crippen LogP contribution in [0.5, 0.6) is 11.5 Å². The number of benzene rings is 1. The molecule has 0 saturated heterocycles. The predicted octanol–water partition coefficient (Wildman–Crippen LogP) is 4.14. The van der Waals surface area contributed by atoms with Gasteiger partial charge in [0.05, 0.1) is 12.7 Å². The van der Waals surface area contributed by atoms with Crippen LogP contribution in [0.15, 0.2) is 18.2 Å². The normalized spacial score (nSPS) is 25.6. The molecule has 3 nitrogen and oxygen atoms in total. The van der Waals surface area contributed by atoms with Crippen LogP contribution in [0.2, 0.25) is 0 Å². The SMILES string of the molecule is CCCOc1ccc(CN)c(OC2CCC(C)C(C)C2)c1. The van der Waals surface area contributed by atoms with Crippen LogP contribution in [-0.4, -0.2) is 12.7 Å². The second kappa shape index (κ2) is 7.69. The van der Waals surface area contributed by atoms with Crippen molar-refractivity contribution in [3.05, 3.63) is 23.8 Å². The van der Waals surface area contributed by atoms with Gasteiger partial charge in [0.2, 0.25) is 0 Å². The maximum atomic E-state index is 6.26. The van der Waals surface area contributed by atoms with Gasteiger partial charge in [0.25, 0.3) is 0 Å². The molecule has 0 aliphatic heterocycles. The van der Waals surface area contributed by atoms with E-state index in [-0.39, 0.29) is 0 Å². The highest BCUT2D eigenvalue weighted by Crippen LogP contribution is 2.33. The first-order chi connectivity index (χ1) is 10.1. The minimum absolute atomic E-state index is 0.308. The number of hydrogen-bond donors (Lipinski definition) is 1. The highest BCUT2D eigenvalue weighted by Gasteiger charge is 2.26. The van der Waals surface area contributed by atoms with Crippen molar-refractivity contribution in [1.29, 1.82) is 0 Å². The van der Waals surface area contributed by atoms with Crippen molar-refractivity contribution < 1.29 is 9.47 Å². The van der Waals surface area contributed by atoms with Gasteiger partial charge in [-0.25, -0.2) is 0 Å². The lowest BCUT2D eigenvalue weighted by atomic mass is 9.80. The summed E-state index contributed by atoms with van der Waals surface area (Å²) in [4.78, 5) is 0. The van der Waals surface area contributed by atoms with E-state index in [9.17, 15) is 0 Å². The van der Waals surface area contributed by atoms with Gasteiger partial charge in [-0.2, -0.15) is 0 Å².